The fraction of sp³-hybridized carbons (Fsp3) is 0.348. The number of carbonyl (C=O) groups excluding carboxylic acids is 2. The molecule has 2 rings (SSSR count). The average Bonchev–Trinajstić information content (AvgIpc) is 2.72. The third-order valence-corrected chi connectivity index (χ3v) is 4.36. The van der Waals surface area contributed by atoms with Crippen LogP contribution < -0.4 is 10.1 Å². The van der Waals surface area contributed by atoms with Gasteiger partial charge >= 0.3 is 5.97 Å². The number of carbonyl (C=O) groups is 2. The first-order valence-corrected chi connectivity index (χ1v) is 9.58. The Labute approximate surface area is 171 Å². The maximum absolute atomic E-state index is 12.0. The molecule has 1 atom stereocenters. The van der Waals surface area contributed by atoms with Crippen LogP contribution >= 0.6 is 0 Å². The molecule has 0 heterocycles. The van der Waals surface area contributed by atoms with Crippen molar-refractivity contribution in [3.8, 4) is 11.8 Å². The zero-order valence-corrected chi connectivity index (χ0v) is 17.0. The highest BCUT2D eigenvalue weighted by molar-refractivity contribution is 5.82. The number of nitriles is 1. The average molecular weight is 394 g/mol. The predicted octanol–water partition coefficient (Wildman–Crippen LogP) is 3.35. The Hall–Kier alpha value is -3.33. The van der Waals surface area contributed by atoms with Gasteiger partial charge in [0.15, 0.2) is 12.7 Å². The van der Waals surface area contributed by atoms with Gasteiger partial charge in [-0.3, -0.25) is 4.79 Å². The third-order valence-electron chi connectivity index (χ3n) is 4.36. The number of benzene rings is 2. The van der Waals surface area contributed by atoms with Crippen molar-refractivity contribution in [2.24, 2.45) is 0 Å². The highest BCUT2D eigenvalue weighted by atomic mass is 16.6. The molecule has 152 valence electrons. The summed E-state index contributed by atoms with van der Waals surface area (Å²) in [5, 5.41) is 11.5. The first kappa shape index (κ1) is 22.0. The molecule has 6 nitrogen and oxygen atoms in total. The fourth-order valence-corrected chi connectivity index (χ4v) is 2.58. The molecule has 1 N–H and O–H groups in total. The van der Waals surface area contributed by atoms with E-state index in [9.17, 15) is 9.59 Å². The zero-order valence-electron chi connectivity index (χ0n) is 17.0. The Kier molecular flexibility index (Phi) is 8.23. The van der Waals surface area contributed by atoms with Crippen molar-refractivity contribution in [1.29, 1.82) is 5.26 Å². The molecule has 0 fully saturated rings. The quantitative estimate of drug-likeness (QED) is 0.659. The van der Waals surface area contributed by atoms with Crippen molar-refractivity contribution >= 4 is 11.9 Å². The van der Waals surface area contributed by atoms with E-state index >= 15 is 0 Å². The standard InChI is InChI=1S/C23H26N2O4/c1-16(2)20-8-4-18(5-9-20)12-13-25-22(26)15-28-23(27)17(3)29-21-10-6-19(14-24)7-11-21/h4-11,16-17H,12-13,15H2,1-3H3,(H,25,26)/t17-/m1/s1. The van der Waals surface area contributed by atoms with Crippen LogP contribution in [-0.4, -0.2) is 31.1 Å². The smallest absolute Gasteiger partial charge is 0.347 e. The molecule has 0 aliphatic rings. The Bertz CT molecular complexity index is 852. The molecule has 6 heteroatoms. The van der Waals surface area contributed by atoms with E-state index in [2.05, 4.69) is 43.4 Å². The maximum atomic E-state index is 12.0. The Morgan fingerprint density at radius 2 is 1.69 bits per heavy atom. The van der Waals surface area contributed by atoms with Crippen molar-refractivity contribution in [2.75, 3.05) is 13.2 Å². The van der Waals surface area contributed by atoms with Crippen molar-refractivity contribution in [1.82, 2.24) is 5.32 Å². The predicted molar refractivity (Wildman–Crippen MR) is 109 cm³/mol. The van der Waals surface area contributed by atoms with Crippen LogP contribution in [0.2, 0.25) is 0 Å². The van der Waals surface area contributed by atoms with E-state index in [1.165, 1.54) is 5.56 Å². The lowest BCUT2D eigenvalue weighted by atomic mass is 10.0. The molecular formula is C23H26N2O4. The summed E-state index contributed by atoms with van der Waals surface area (Å²) in [6.45, 7) is 5.94. The molecule has 0 aromatic heterocycles. The zero-order chi connectivity index (χ0) is 21.2. The van der Waals surface area contributed by atoms with Crippen LogP contribution in [0.4, 0.5) is 0 Å². The summed E-state index contributed by atoms with van der Waals surface area (Å²) < 4.78 is 10.5. The van der Waals surface area contributed by atoms with Gasteiger partial charge in [0, 0.05) is 6.54 Å². The lowest BCUT2D eigenvalue weighted by Gasteiger charge is -2.14. The molecule has 0 saturated carbocycles. The van der Waals surface area contributed by atoms with Gasteiger partial charge in [-0.15, -0.1) is 0 Å². The van der Waals surface area contributed by atoms with Gasteiger partial charge in [-0.1, -0.05) is 38.1 Å². The van der Waals surface area contributed by atoms with E-state index < -0.39 is 12.1 Å². The van der Waals surface area contributed by atoms with Crippen LogP contribution in [0.15, 0.2) is 48.5 Å². The Balaban J connectivity index is 1.68. The summed E-state index contributed by atoms with van der Waals surface area (Å²) in [6.07, 6.45) is -0.161. The minimum Gasteiger partial charge on any atom is -0.479 e. The minimum absolute atomic E-state index is 0.355. The molecule has 0 bridgehead atoms. The number of esters is 1. The molecule has 0 saturated heterocycles. The first-order valence-electron chi connectivity index (χ1n) is 9.58. The van der Waals surface area contributed by atoms with E-state index in [0.717, 1.165) is 5.56 Å². The van der Waals surface area contributed by atoms with Gasteiger partial charge in [-0.2, -0.15) is 5.26 Å². The van der Waals surface area contributed by atoms with Crippen molar-refractivity contribution in [2.45, 2.75) is 39.2 Å². The van der Waals surface area contributed by atoms with Gasteiger partial charge in [0.25, 0.3) is 5.91 Å². The van der Waals surface area contributed by atoms with Crippen molar-refractivity contribution in [3.63, 3.8) is 0 Å². The summed E-state index contributed by atoms with van der Waals surface area (Å²) in [5.74, 6) is -0.0559. The first-order chi connectivity index (χ1) is 13.9. The number of hydrogen-bond donors (Lipinski definition) is 1. The van der Waals surface area contributed by atoms with E-state index in [1.807, 2.05) is 6.07 Å². The van der Waals surface area contributed by atoms with E-state index in [0.29, 0.717) is 30.2 Å². The summed E-state index contributed by atoms with van der Waals surface area (Å²) in [7, 11) is 0. The molecule has 29 heavy (non-hydrogen) atoms. The minimum atomic E-state index is -0.866. The molecule has 0 radical (unpaired) electrons. The van der Waals surface area contributed by atoms with Crippen LogP contribution in [0.5, 0.6) is 5.75 Å². The van der Waals surface area contributed by atoms with Gasteiger partial charge in [0.1, 0.15) is 5.75 Å². The molecular weight excluding hydrogens is 368 g/mol. The molecule has 2 aromatic rings. The molecule has 0 aliphatic carbocycles. The van der Waals surface area contributed by atoms with Crippen LogP contribution in [0.1, 0.15) is 43.4 Å². The van der Waals surface area contributed by atoms with E-state index in [1.54, 1.807) is 31.2 Å². The SMILES string of the molecule is CC(C)c1ccc(CCNC(=O)COC(=O)[C@@H](C)Oc2ccc(C#N)cc2)cc1. The second-order valence-electron chi connectivity index (χ2n) is 7.00. The Morgan fingerprint density at radius 1 is 1.03 bits per heavy atom. The largest absolute Gasteiger partial charge is 0.479 e. The van der Waals surface area contributed by atoms with Crippen LogP contribution in [0.3, 0.4) is 0 Å². The van der Waals surface area contributed by atoms with Gasteiger partial charge in [0.2, 0.25) is 0 Å². The number of ether oxygens (including phenoxy) is 2. The van der Waals surface area contributed by atoms with Crippen LogP contribution in [0.25, 0.3) is 0 Å². The Morgan fingerprint density at radius 3 is 2.28 bits per heavy atom. The molecule has 0 aliphatic heterocycles. The van der Waals surface area contributed by atoms with Crippen molar-refractivity contribution in [3.05, 3.63) is 65.2 Å². The molecule has 0 spiro atoms. The molecule has 1 amide bonds. The highest BCUT2D eigenvalue weighted by Gasteiger charge is 2.17. The summed E-state index contributed by atoms with van der Waals surface area (Å²) in [6, 6.07) is 16.7. The summed E-state index contributed by atoms with van der Waals surface area (Å²) in [4.78, 5) is 23.9. The number of hydrogen-bond acceptors (Lipinski definition) is 5. The fourth-order valence-electron chi connectivity index (χ4n) is 2.58. The van der Waals surface area contributed by atoms with Gasteiger partial charge in [0.05, 0.1) is 11.6 Å². The third kappa shape index (κ3) is 7.30. The monoisotopic (exact) mass is 394 g/mol. The number of nitrogens with zero attached hydrogens (tertiary/aromatic N) is 1. The van der Waals surface area contributed by atoms with Crippen LogP contribution in [0, 0.1) is 11.3 Å². The summed E-state index contributed by atoms with van der Waals surface area (Å²) in [5.41, 5.74) is 2.92. The van der Waals surface area contributed by atoms with Crippen LogP contribution in [-0.2, 0) is 20.7 Å². The van der Waals surface area contributed by atoms with Gasteiger partial charge in [-0.25, -0.2) is 4.79 Å². The molecule has 0 unspecified atom stereocenters. The second-order valence-corrected chi connectivity index (χ2v) is 7.00. The van der Waals surface area contributed by atoms with Gasteiger partial charge in [-0.05, 0) is 54.7 Å². The second kappa shape index (κ2) is 10.9. The number of rotatable bonds is 9. The maximum Gasteiger partial charge on any atom is 0.347 e. The molecule has 2 aromatic carbocycles. The topological polar surface area (TPSA) is 88.4 Å². The lowest BCUT2D eigenvalue weighted by molar-refractivity contribution is -0.154. The number of nitrogens with one attached hydrogen (secondary N) is 1. The lowest BCUT2D eigenvalue weighted by Crippen LogP contribution is -2.33. The number of amides is 1. The normalized spacial score (nSPS) is 11.4. The van der Waals surface area contributed by atoms with Gasteiger partial charge < -0.3 is 14.8 Å². The summed E-state index contributed by atoms with van der Waals surface area (Å²) >= 11 is 0. The highest BCUT2D eigenvalue weighted by Crippen LogP contribution is 2.15. The van der Waals surface area contributed by atoms with E-state index in [4.69, 9.17) is 14.7 Å². The van der Waals surface area contributed by atoms with Crippen molar-refractivity contribution < 1.29 is 19.1 Å². The van der Waals surface area contributed by atoms with E-state index in [-0.39, 0.29) is 12.5 Å².